The first-order valence-corrected chi connectivity index (χ1v) is 11.8. The van der Waals surface area contributed by atoms with Crippen LogP contribution in [0.4, 0.5) is 9.52 Å². The number of thiazole rings is 1. The molecule has 0 saturated carbocycles. The minimum Gasteiger partial charge on any atom is -0.340 e. The van der Waals surface area contributed by atoms with Crippen LogP contribution in [0.1, 0.15) is 25.0 Å². The molecule has 2 aromatic rings. The highest BCUT2D eigenvalue weighted by molar-refractivity contribution is 7.89. The zero-order valence-electron chi connectivity index (χ0n) is 16.5. The van der Waals surface area contributed by atoms with E-state index in [1.165, 1.54) is 27.8 Å². The lowest BCUT2D eigenvalue weighted by atomic mass is 10.2. The number of anilines is 1. The maximum absolute atomic E-state index is 13.0. The third-order valence-electron chi connectivity index (χ3n) is 4.70. The number of carbonyl (C=O) groups is 2. The second-order valence-corrected chi connectivity index (χ2v) is 9.73. The smallest absolute Gasteiger partial charge is 0.243 e. The molecule has 1 N–H and O–H groups in total. The predicted octanol–water partition coefficient (Wildman–Crippen LogP) is 2.23. The lowest BCUT2D eigenvalue weighted by Crippen LogP contribution is -2.50. The van der Waals surface area contributed by atoms with Crippen molar-refractivity contribution in [3.05, 3.63) is 41.2 Å². The highest BCUT2D eigenvalue weighted by Crippen LogP contribution is 2.19. The Bertz CT molecular complexity index is 1000. The van der Waals surface area contributed by atoms with Crippen molar-refractivity contribution in [3.63, 3.8) is 0 Å². The molecule has 0 radical (unpaired) electrons. The van der Waals surface area contributed by atoms with Gasteiger partial charge >= 0.3 is 0 Å². The first-order valence-electron chi connectivity index (χ1n) is 9.51. The molecule has 0 spiro atoms. The summed E-state index contributed by atoms with van der Waals surface area (Å²) in [6.45, 7) is 2.76. The Hall–Kier alpha value is -2.37. The Balaban J connectivity index is 1.42. The van der Waals surface area contributed by atoms with Crippen LogP contribution in [0.3, 0.4) is 0 Å². The Morgan fingerprint density at radius 1 is 1.13 bits per heavy atom. The van der Waals surface area contributed by atoms with Gasteiger partial charge in [0.25, 0.3) is 0 Å². The number of halogens is 1. The number of hydrogen-bond donors (Lipinski definition) is 1. The minimum atomic E-state index is -3.71. The average Bonchev–Trinajstić information content (AvgIpc) is 3.12. The van der Waals surface area contributed by atoms with Gasteiger partial charge in [0.15, 0.2) is 5.13 Å². The third-order valence-corrected chi connectivity index (χ3v) is 7.49. The van der Waals surface area contributed by atoms with E-state index in [0.29, 0.717) is 11.6 Å². The van der Waals surface area contributed by atoms with Crippen LogP contribution in [-0.4, -0.2) is 60.6 Å². The van der Waals surface area contributed by atoms with Crippen molar-refractivity contribution in [2.24, 2.45) is 0 Å². The topological polar surface area (TPSA) is 99.7 Å². The number of amides is 2. The molecule has 30 heavy (non-hydrogen) atoms. The zero-order valence-corrected chi connectivity index (χ0v) is 18.1. The fraction of sp³-hybridized carbons (Fsp3) is 0.421. The van der Waals surface area contributed by atoms with Crippen LogP contribution in [0.5, 0.6) is 0 Å². The molecule has 1 saturated heterocycles. The molecule has 162 valence electrons. The van der Waals surface area contributed by atoms with E-state index in [0.717, 1.165) is 17.8 Å². The molecule has 11 heteroatoms. The number of nitrogens with one attached hydrogen (secondary N) is 1. The molecule has 0 unspecified atom stereocenters. The van der Waals surface area contributed by atoms with Gasteiger partial charge < -0.3 is 10.2 Å². The number of piperazine rings is 1. The Morgan fingerprint density at radius 3 is 2.40 bits per heavy atom. The molecule has 1 aromatic carbocycles. The molecule has 3 rings (SSSR count). The summed E-state index contributed by atoms with van der Waals surface area (Å²) < 4.78 is 39.6. The first-order chi connectivity index (χ1) is 14.3. The summed E-state index contributed by atoms with van der Waals surface area (Å²) in [5.41, 5.74) is 0.839. The van der Waals surface area contributed by atoms with Gasteiger partial charge in [-0.05, 0) is 37.6 Å². The summed E-state index contributed by atoms with van der Waals surface area (Å²) in [6, 6.07) is 4.69. The number of nitrogens with zero attached hydrogens (tertiary/aromatic N) is 3. The molecule has 8 nitrogen and oxygen atoms in total. The predicted molar refractivity (Wildman–Crippen MR) is 111 cm³/mol. The Labute approximate surface area is 178 Å². The summed E-state index contributed by atoms with van der Waals surface area (Å²) in [5.74, 6) is -0.793. The van der Waals surface area contributed by atoms with E-state index in [-0.39, 0.29) is 55.7 Å². The van der Waals surface area contributed by atoms with Crippen LogP contribution in [0, 0.1) is 12.7 Å². The highest BCUT2D eigenvalue weighted by Gasteiger charge is 2.30. The second kappa shape index (κ2) is 9.63. The van der Waals surface area contributed by atoms with Crippen molar-refractivity contribution in [2.75, 3.05) is 31.5 Å². The maximum Gasteiger partial charge on any atom is 0.243 e. The van der Waals surface area contributed by atoms with Crippen LogP contribution >= 0.6 is 11.3 Å². The number of sulfonamides is 1. The lowest BCUT2D eigenvalue weighted by Gasteiger charge is -2.34. The summed E-state index contributed by atoms with van der Waals surface area (Å²) >= 11 is 1.35. The lowest BCUT2D eigenvalue weighted by molar-refractivity contribution is -0.132. The molecule has 1 aromatic heterocycles. The number of rotatable bonds is 7. The van der Waals surface area contributed by atoms with Crippen molar-refractivity contribution in [3.8, 4) is 0 Å². The van der Waals surface area contributed by atoms with Gasteiger partial charge in [-0.25, -0.2) is 17.8 Å². The average molecular weight is 455 g/mol. The molecular weight excluding hydrogens is 431 g/mol. The van der Waals surface area contributed by atoms with Crippen LogP contribution in [0.2, 0.25) is 0 Å². The van der Waals surface area contributed by atoms with Crippen LogP contribution in [0.25, 0.3) is 0 Å². The van der Waals surface area contributed by atoms with Crippen molar-refractivity contribution in [2.45, 2.75) is 31.1 Å². The fourth-order valence-corrected chi connectivity index (χ4v) is 5.21. The normalized spacial score (nSPS) is 15.2. The highest BCUT2D eigenvalue weighted by atomic mass is 32.2. The van der Waals surface area contributed by atoms with Gasteiger partial charge in [-0.2, -0.15) is 4.31 Å². The summed E-state index contributed by atoms with van der Waals surface area (Å²) in [6.07, 6.45) is 0.835. The van der Waals surface area contributed by atoms with Crippen LogP contribution in [-0.2, 0) is 19.6 Å². The van der Waals surface area contributed by atoms with Crippen molar-refractivity contribution >= 4 is 38.3 Å². The molecule has 0 aliphatic carbocycles. The van der Waals surface area contributed by atoms with E-state index in [9.17, 15) is 22.4 Å². The van der Waals surface area contributed by atoms with E-state index >= 15 is 0 Å². The Morgan fingerprint density at radius 2 is 1.80 bits per heavy atom. The molecule has 1 aliphatic rings. The van der Waals surface area contributed by atoms with E-state index in [4.69, 9.17) is 0 Å². The number of aryl methyl sites for hydroxylation is 1. The molecule has 2 amide bonds. The molecule has 1 fully saturated rings. The Kier molecular flexibility index (Phi) is 7.16. The van der Waals surface area contributed by atoms with E-state index < -0.39 is 15.8 Å². The third kappa shape index (κ3) is 5.61. The fourth-order valence-electron chi connectivity index (χ4n) is 3.08. The van der Waals surface area contributed by atoms with Gasteiger partial charge in [-0.1, -0.05) is 0 Å². The van der Waals surface area contributed by atoms with E-state index in [1.807, 2.05) is 12.3 Å². The zero-order chi connectivity index (χ0) is 21.7. The SMILES string of the molecule is Cc1csc(NC(=O)CCCC(=O)N2CCN(S(=O)(=O)c3ccc(F)cc3)CC2)n1. The van der Waals surface area contributed by atoms with Gasteiger partial charge in [0.2, 0.25) is 21.8 Å². The monoisotopic (exact) mass is 454 g/mol. The van der Waals surface area contributed by atoms with Crippen molar-refractivity contribution in [1.29, 1.82) is 0 Å². The largest absolute Gasteiger partial charge is 0.340 e. The summed E-state index contributed by atoms with van der Waals surface area (Å²) in [7, 11) is -3.71. The number of benzene rings is 1. The summed E-state index contributed by atoms with van der Waals surface area (Å²) in [5, 5.41) is 5.09. The van der Waals surface area contributed by atoms with Gasteiger partial charge in [0, 0.05) is 44.4 Å². The van der Waals surface area contributed by atoms with E-state index in [1.54, 1.807) is 4.90 Å². The van der Waals surface area contributed by atoms with Crippen LogP contribution in [0.15, 0.2) is 34.5 Å². The molecule has 1 aliphatic heterocycles. The van der Waals surface area contributed by atoms with Crippen LogP contribution < -0.4 is 5.32 Å². The van der Waals surface area contributed by atoms with Gasteiger partial charge in [0.1, 0.15) is 5.82 Å². The maximum atomic E-state index is 13.0. The first kappa shape index (κ1) is 22.3. The number of carbonyl (C=O) groups excluding carboxylic acids is 2. The molecule has 2 heterocycles. The summed E-state index contributed by atoms with van der Waals surface area (Å²) in [4.78, 5) is 30.1. The molecule has 0 atom stereocenters. The number of hydrogen-bond acceptors (Lipinski definition) is 6. The van der Waals surface area contributed by atoms with Gasteiger partial charge in [0.05, 0.1) is 10.6 Å². The minimum absolute atomic E-state index is 0.0325. The van der Waals surface area contributed by atoms with Gasteiger partial charge in [-0.3, -0.25) is 9.59 Å². The molecule has 0 bridgehead atoms. The standard InChI is InChI=1S/C19H23FN4O4S2/c1-14-13-29-19(21-14)22-17(25)3-2-4-18(26)23-9-11-24(12-10-23)30(27,28)16-7-5-15(20)6-8-16/h5-8,13H,2-4,9-12H2,1H3,(H,21,22,25). The molecular formula is C19H23FN4O4S2. The number of aromatic nitrogens is 1. The van der Waals surface area contributed by atoms with Crippen molar-refractivity contribution in [1.82, 2.24) is 14.2 Å². The van der Waals surface area contributed by atoms with Gasteiger partial charge in [-0.15, -0.1) is 11.3 Å². The second-order valence-electron chi connectivity index (χ2n) is 6.93. The quantitative estimate of drug-likeness (QED) is 0.692. The van der Waals surface area contributed by atoms with E-state index in [2.05, 4.69) is 10.3 Å². The van der Waals surface area contributed by atoms with Crippen molar-refractivity contribution < 1.29 is 22.4 Å².